The molecule has 0 spiro atoms. The minimum absolute atomic E-state index is 0.0769. The Labute approximate surface area is 156 Å². The molecule has 1 saturated heterocycles. The molecule has 0 aliphatic carbocycles. The zero-order chi connectivity index (χ0) is 17.8. The van der Waals surface area contributed by atoms with Crippen LogP contribution >= 0.6 is 24.0 Å². The number of para-hydroxylation sites is 1. The fraction of sp³-hybridized carbons (Fsp3) is 0.158. The first-order valence-corrected chi connectivity index (χ1v) is 9.00. The van der Waals surface area contributed by atoms with Gasteiger partial charge in [-0.2, -0.15) is 0 Å². The van der Waals surface area contributed by atoms with E-state index < -0.39 is 0 Å². The van der Waals surface area contributed by atoms with E-state index >= 15 is 0 Å². The quantitative estimate of drug-likeness (QED) is 0.629. The molecule has 1 fully saturated rings. The predicted molar refractivity (Wildman–Crippen MR) is 108 cm³/mol. The first-order chi connectivity index (χ1) is 12.1. The summed E-state index contributed by atoms with van der Waals surface area (Å²) in [7, 11) is 1.63. The SMILES string of the molecule is COc1ccc(/C=C2\SC(=S)N(CNc3ccccc3C)C2=O)cc1. The number of hydrogen-bond donors (Lipinski definition) is 1. The number of aryl methyl sites for hydroxylation is 1. The van der Waals surface area contributed by atoms with Gasteiger partial charge in [0.1, 0.15) is 10.1 Å². The van der Waals surface area contributed by atoms with E-state index in [0.29, 0.717) is 15.9 Å². The molecule has 1 heterocycles. The minimum Gasteiger partial charge on any atom is -0.497 e. The molecule has 2 aromatic rings. The number of rotatable bonds is 5. The second-order valence-corrected chi connectivity index (χ2v) is 7.21. The fourth-order valence-electron chi connectivity index (χ4n) is 2.42. The van der Waals surface area contributed by atoms with Crippen molar-refractivity contribution < 1.29 is 9.53 Å². The van der Waals surface area contributed by atoms with Crippen LogP contribution in [0.5, 0.6) is 5.75 Å². The van der Waals surface area contributed by atoms with Gasteiger partial charge in [0.2, 0.25) is 0 Å². The third-order valence-corrected chi connectivity index (χ3v) is 5.24. The van der Waals surface area contributed by atoms with E-state index in [1.807, 2.05) is 61.5 Å². The van der Waals surface area contributed by atoms with Crippen molar-refractivity contribution in [3.05, 3.63) is 64.6 Å². The molecule has 0 radical (unpaired) electrons. The van der Waals surface area contributed by atoms with Crippen molar-refractivity contribution in [2.24, 2.45) is 0 Å². The van der Waals surface area contributed by atoms with Gasteiger partial charge in [0.25, 0.3) is 5.91 Å². The van der Waals surface area contributed by atoms with Gasteiger partial charge in [-0.15, -0.1) is 0 Å². The molecule has 3 rings (SSSR count). The van der Waals surface area contributed by atoms with Crippen LogP contribution in [0.2, 0.25) is 0 Å². The monoisotopic (exact) mass is 370 g/mol. The summed E-state index contributed by atoms with van der Waals surface area (Å²) in [4.78, 5) is 14.8. The lowest BCUT2D eigenvalue weighted by Gasteiger charge is -2.17. The summed E-state index contributed by atoms with van der Waals surface area (Å²) in [5, 5.41) is 3.28. The van der Waals surface area contributed by atoms with Crippen molar-refractivity contribution in [1.82, 2.24) is 4.90 Å². The summed E-state index contributed by atoms with van der Waals surface area (Å²) >= 11 is 6.69. The van der Waals surface area contributed by atoms with Gasteiger partial charge in [-0.05, 0) is 42.3 Å². The highest BCUT2D eigenvalue weighted by Crippen LogP contribution is 2.32. The number of nitrogens with zero attached hydrogens (tertiary/aromatic N) is 1. The normalized spacial score (nSPS) is 15.8. The van der Waals surface area contributed by atoms with Crippen LogP contribution in [0.1, 0.15) is 11.1 Å². The summed E-state index contributed by atoms with van der Waals surface area (Å²) in [5.74, 6) is 0.707. The molecule has 1 aliphatic heterocycles. The Bertz CT molecular complexity index is 832. The number of benzene rings is 2. The van der Waals surface area contributed by atoms with Gasteiger partial charge in [-0.25, -0.2) is 0 Å². The average Bonchev–Trinajstić information content (AvgIpc) is 2.88. The molecule has 1 N–H and O–H groups in total. The molecule has 0 bridgehead atoms. The van der Waals surface area contributed by atoms with E-state index in [9.17, 15) is 4.79 Å². The number of anilines is 1. The number of ether oxygens (including phenoxy) is 1. The maximum atomic E-state index is 12.6. The van der Waals surface area contributed by atoms with Crippen LogP contribution in [0.25, 0.3) is 6.08 Å². The Kier molecular flexibility index (Phi) is 5.40. The molecule has 1 aliphatic rings. The van der Waals surface area contributed by atoms with Crippen LogP contribution in [0.3, 0.4) is 0 Å². The molecule has 0 unspecified atom stereocenters. The van der Waals surface area contributed by atoms with Crippen molar-refractivity contribution in [2.75, 3.05) is 19.1 Å². The smallest absolute Gasteiger partial charge is 0.267 e. The molecule has 2 aromatic carbocycles. The van der Waals surface area contributed by atoms with Crippen LogP contribution < -0.4 is 10.1 Å². The Morgan fingerprint density at radius 1 is 1.20 bits per heavy atom. The van der Waals surface area contributed by atoms with Gasteiger partial charge in [0.05, 0.1) is 18.7 Å². The lowest BCUT2D eigenvalue weighted by molar-refractivity contribution is -0.121. The van der Waals surface area contributed by atoms with E-state index in [1.165, 1.54) is 11.8 Å². The lowest BCUT2D eigenvalue weighted by atomic mass is 10.2. The van der Waals surface area contributed by atoms with Gasteiger partial charge in [-0.3, -0.25) is 9.69 Å². The highest BCUT2D eigenvalue weighted by atomic mass is 32.2. The van der Waals surface area contributed by atoms with Crippen LogP contribution in [-0.4, -0.2) is 28.9 Å². The highest BCUT2D eigenvalue weighted by Gasteiger charge is 2.31. The molecular weight excluding hydrogens is 352 g/mol. The van der Waals surface area contributed by atoms with Crippen molar-refractivity contribution in [3.8, 4) is 5.75 Å². The van der Waals surface area contributed by atoms with Crippen LogP contribution in [0.15, 0.2) is 53.4 Å². The van der Waals surface area contributed by atoms with Crippen LogP contribution in [0, 0.1) is 6.92 Å². The maximum Gasteiger partial charge on any atom is 0.267 e. The summed E-state index contributed by atoms with van der Waals surface area (Å²) in [6.07, 6.45) is 1.85. The lowest BCUT2D eigenvalue weighted by Crippen LogP contribution is -2.33. The molecular formula is C19H18N2O2S2. The zero-order valence-electron chi connectivity index (χ0n) is 14.0. The molecule has 25 heavy (non-hydrogen) atoms. The number of thioether (sulfide) groups is 1. The third-order valence-electron chi connectivity index (χ3n) is 3.86. The van der Waals surface area contributed by atoms with Gasteiger partial charge in [-0.1, -0.05) is 54.3 Å². The number of methoxy groups -OCH3 is 1. The van der Waals surface area contributed by atoms with Gasteiger partial charge < -0.3 is 10.1 Å². The van der Waals surface area contributed by atoms with E-state index in [0.717, 1.165) is 22.6 Å². The number of thiocarbonyl (C=S) groups is 1. The van der Waals surface area contributed by atoms with Crippen molar-refractivity contribution >= 4 is 46.0 Å². The second kappa shape index (κ2) is 7.72. The Hall–Kier alpha value is -2.31. The Morgan fingerprint density at radius 2 is 1.92 bits per heavy atom. The standard InChI is InChI=1S/C19H18N2O2S2/c1-13-5-3-4-6-16(13)20-12-21-18(22)17(25-19(21)24)11-14-7-9-15(23-2)10-8-14/h3-11,20H,12H2,1-2H3/b17-11-. The largest absolute Gasteiger partial charge is 0.497 e. The van der Waals surface area contributed by atoms with Crippen LogP contribution in [-0.2, 0) is 4.79 Å². The van der Waals surface area contributed by atoms with Crippen LogP contribution in [0.4, 0.5) is 5.69 Å². The van der Waals surface area contributed by atoms with E-state index in [2.05, 4.69) is 5.32 Å². The van der Waals surface area contributed by atoms with Gasteiger partial charge in [0.15, 0.2) is 0 Å². The predicted octanol–water partition coefficient (Wildman–Crippen LogP) is 4.27. The van der Waals surface area contributed by atoms with Crippen molar-refractivity contribution in [2.45, 2.75) is 6.92 Å². The van der Waals surface area contributed by atoms with Gasteiger partial charge >= 0.3 is 0 Å². The first-order valence-electron chi connectivity index (χ1n) is 7.77. The molecule has 0 atom stereocenters. The summed E-state index contributed by atoms with van der Waals surface area (Å²) < 4.78 is 5.71. The molecule has 0 aromatic heterocycles. The van der Waals surface area contributed by atoms with E-state index in [-0.39, 0.29) is 5.91 Å². The summed E-state index contributed by atoms with van der Waals surface area (Å²) in [5.41, 5.74) is 3.06. The molecule has 128 valence electrons. The van der Waals surface area contributed by atoms with Crippen molar-refractivity contribution in [1.29, 1.82) is 0 Å². The first kappa shape index (κ1) is 17.5. The molecule has 0 saturated carbocycles. The van der Waals surface area contributed by atoms with Gasteiger partial charge in [0, 0.05) is 5.69 Å². The second-order valence-electron chi connectivity index (χ2n) is 5.53. The van der Waals surface area contributed by atoms with Crippen molar-refractivity contribution in [3.63, 3.8) is 0 Å². The minimum atomic E-state index is -0.0769. The topological polar surface area (TPSA) is 41.6 Å². The number of carbonyl (C=O) groups is 1. The number of nitrogens with one attached hydrogen (secondary N) is 1. The Balaban J connectivity index is 1.71. The fourth-order valence-corrected chi connectivity index (χ4v) is 3.68. The molecule has 1 amide bonds. The highest BCUT2D eigenvalue weighted by molar-refractivity contribution is 8.26. The van der Waals surface area contributed by atoms with E-state index in [4.69, 9.17) is 17.0 Å². The summed E-state index contributed by atoms with van der Waals surface area (Å²) in [6.45, 7) is 2.38. The number of amides is 1. The molecule has 4 nitrogen and oxygen atoms in total. The molecule has 6 heteroatoms. The zero-order valence-corrected chi connectivity index (χ0v) is 15.6. The third kappa shape index (κ3) is 4.03. The summed E-state index contributed by atoms with van der Waals surface area (Å²) in [6, 6.07) is 15.5. The Morgan fingerprint density at radius 3 is 2.60 bits per heavy atom. The number of carbonyl (C=O) groups excluding carboxylic acids is 1. The van der Waals surface area contributed by atoms with E-state index in [1.54, 1.807) is 12.0 Å². The average molecular weight is 370 g/mol. The maximum absolute atomic E-state index is 12.6. The number of hydrogen-bond acceptors (Lipinski definition) is 5.